The molecule has 0 spiro atoms. The standard InChI is InChI=1S/C12H22N2O3S/c1-4-5-6-8-14(2)12(17)13-10(11(15)16)7-9-18-3/h4,10H,1,5-9H2,2-3H3,(H,13,17)(H,15,16)/t10-/m0/s1. The molecule has 2 amide bonds. The lowest BCUT2D eigenvalue weighted by atomic mass is 10.2. The number of carbonyl (C=O) groups excluding carboxylic acids is 1. The second-order valence-electron chi connectivity index (χ2n) is 3.97. The van der Waals surface area contributed by atoms with Crippen LogP contribution in [0, 0.1) is 0 Å². The lowest BCUT2D eigenvalue weighted by molar-refractivity contribution is -0.139. The molecule has 0 saturated carbocycles. The number of unbranched alkanes of at least 4 members (excludes halogenated alkanes) is 1. The smallest absolute Gasteiger partial charge is 0.326 e. The van der Waals surface area contributed by atoms with Gasteiger partial charge in [0.15, 0.2) is 0 Å². The van der Waals surface area contributed by atoms with E-state index in [-0.39, 0.29) is 6.03 Å². The van der Waals surface area contributed by atoms with E-state index in [1.54, 1.807) is 24.9 Å². The first kappa shape index (κ1) is 16.8. The van der Waals surface area contributed by atoms with Gasteiger partial charge in [-0.15, -0.1) is 6.58 Å². The van der Waals surface area contributed by atoms with Gasteiger partial charge in [0, 0.05) is 13.6 Å². The molecule has 5 nitrogen and oxygen atoms in total. The summed E-state index contributed by atoms with van der Waals surface area (Å²) < 4.78 is 0. The molecule has 0 bridgehead atoms. The first-order chi connectivity index (χ1) is 8.52. The molecule has 0 aliphatic rings. The SMILES string of the molecule is C=CCCCN(C)C(=O)N[C@@H](CCSC)C(=O)O. The van der Waals surface area contributed by atoms with Crippen LogP contribution < -0.4 is 5.32 Å². The molecule has 0 rings (SSSR count). The van der Waals surface area contributed by atoms with E-state index in [2.05, 4.69) is 11.9 Å². The highest BCUT2D eigenvalue weighted by molar-refractivity contribution is 7.98. The van der Waals surface area contributed by atoms with E-state index >= 15 is 0 Å². The third-order valence-corrected chi connectivity index (χ3v) is 3.10. The van der Waals surface area contributed by atoms with Crippen molar-refractivity contribution in [2.75, 3.05) is 25.6 Å². The average Bonchev–Trinajstić information content (AvgIpc) is 2.33. The second-order valence-corrected chi connectivity index (χ2v) is 4.96. The van der Waals surface area contributed by atoms with Gasteiger partial charge in [-0.3, -0.25) is 0 Å². The van der Waals surface area contributed by atoms with E-state index in [9.17, 15) is 9.59 Å². The number of rotatable bonds is 9. The van der Waals surface area contributed by atoms with Gasteiger partial charge in [-0.05, 0) is 31.3 Å². The number of hydrogen-bond acceptors (Lipinski definition) is 3. The van der Waals surface area contributed by atoms with Gasteiger partial charge in [0.1, 0.15) is 6.04 Å². The Morgan fingerprint density at radius 3 is 2.72 bits per heavy atom. The van der Waals surface area contributed by atoms with E-state index in [1.807, 2.05) is 6.26 Å². The Hall–Kier alpha value is -1.17. The topological polar surface area (TPSA) is 69.6 Å². The van der Waals surface area contributed by atoms with Crippen molar-refractivity contribution in [3.05, 3.63) is 12.7 Å². The summed E-state index contributed by atoms with van der Waals surface area (Å²) in [6.45, 7) is 4.20. The van der Waals surface area contributed by atoms with Crippen molar-refractivity contribution in [2.24, 2.45) is 0 Å². The van der Waals surface area contributed by atoms with Gasteiger partial charge in [0.25, 0.3) is 0 Å². The molecule has 18 heavy (non-hydrogen) atoms. The van der Waals surface area contributed by atoms with Gasteiger partial charge in [-0.2, -0.15) is 11.8 Å². The normalized spacial score (nSPS) is 11.7. The number of allylic oxidation sites excluding steroid dienone is 1. The highest BCUT2D eigenvalue weighted by Gasteiger charge is 2.20. The van der Waals surface area contributed by atoms with Gasteiger partial charge in [-0.1, -0.05) is 6.08 Å². The lowest BCUT2D eigenvalue weighted by Gasteiger charge is -2.21. The van der Waals surface area contributed by atoms with E-state index in [4.69, 9.17) is 5.11 Å². The molecular weight excluding hydrogens is 252 g/mol. The summed E-state index contributed by atoms with van der Waals surface area (Å²) in [5.74, 6) is -0.283. The van der Waals surface area contributed by atoms with Crippen molar-refractivity contribution < 1.29 is 14.7 Å². The molecule has 0 heterocycles. The number of nitrogens with one attached hydrogen (secondary N) is 1. The summed E-state index contributed by atoms with van der Waals surface area (Å²) in [6, 6.07) is -1.15. The van der Waals surface area contributed by atoms with E-state index in [0.717, 1.165) is 12.8 Å². The number of amides is 2. The van der Waals surface area contributed by atoms with Crippen molar-refractivity contribution in [3.8, 4) is 0 Å². The average molecular weight is 274 g/mol. The maximum atomic E-state index is 11.7. The summed E-state index contributed by atoms with van der Waals surface area (Å²) >= 11 is 1.56. The fourth-order valence-electron chi connectivity index (χ4n) is 1.33. The second kappa shape index (κ2) is 9.82. The van der Waals surface area contributed by atoms with Crippen LogP contribution in [-0.4, -0.2) is 53.6 Å². The minimum absolute atomic E-state index is 0.340. The Morgan fingerprint density at radius 2 is 2.22 bits per heavy atom. The van der Waals surface area contributed by atoms with Crippen LogP contribution in [0.3, 0.4) is 0 Å². The maximum Gasteiger partial charge on any atom is 0.326 e. The van der Waals surface area contributed by atoms with Gasteiger partial charge in [0.05, 0.1) is 0 Å². The highest BCUT2D eigenvalue weighted by atomic mass is 32.2. The maximum absolute atomic E-state index is 11.7. The lowest BCUT2D eigenvalue weighted by Crippen LogP contribution is -2.47. The molecule has 0 fully saturated rings. The minimum atomic E-state index is -0.989. The molecule has 6 heteroatoms. The van der Waals surface area contributed by atoms with Gasteiger partial charge < -0.3 is 15.3 Å². The van der Waals surface area contributed by atoms with Crippen LogP contribution in [0.2, 0.25) is 0 Å². The minimum Gasteiger partial charge on any atom is -0.480 e. The van der Waals surface area contributed by atoms with Crippen LogP contribution in [0.4, 0.5) is 4.79 Å². The Kier molecular flexibility index (Phi) is 9.18. The molecule has 1 atom stereocenters. The number of nitrogens with zero attached hydrogens (tertiary/aromatic N) is 1. The van der Waals surface area contributed by atoms with Crippen molar-refractivity contribution in [2.45, 2.75) is 25.3 Å². The number of aliphatic carboxylic acids is 1. The monoisotopic (exact) mass is 274 g/mol. The molecule has 0 radical (unpaired) electrons. The molecule has 0 aromatic heterocycles. The van der Waals surface area contributed by atoms with Crippen molar-refractivity contribution in [1.29, 1.82) is 0 Å². The zero-order valence-electron chi connectivity index (χ0n) is 11.0. The van der Waals surface area contributed by atoms with Crippen LogP contribution in [0.15, 0.2) is 12.7 Å². The number of carbonyl (C=O) groups is 2. The van der Waals surface area contributed by atoms with Gasteiger partial charge >= 0.3 is 12.0 Å². The predicted octanol–water partition coefficient (Wildman–Crippen LogP) is 1.80. The zero-order chi connectivity index (χ0) is 14.0. The summed E-state index contributed by atoms with van der Waals surface area (Å²) in [5.41, 5.74) is 0. The summed E-state index contributed by atoms with van der Waals surface area (Å²) in [6.07, 6.45) is 5.80. The van der Waals surface area contributed by atoms with Crippen LogP contribution >= 0.6 is 11.8 Å². The number of carboxylic acids is 1. The Balaban J connectivity index is 4.14. The van der Waals surface area contributed by atoms with Gasteiger partial charge in [0.2, 0.25) is 0 Å². The van der Waals surface area contributed by atoms with Gasteiger partial charge in [-0.25, -0.2) is 9.59 Å². The zero-order valence-corrected chi connectivity index (χ0v) is 11.8. The molecule has 0 aromatic rings. The molecule has 2 N–H and O–H groups in total. The summed E-state index contributed by atoms with van der Waals surface area (Å²) in [7, 11) is 1.66. The van der Waals surface area contributed by atoms with Crippen LogP contribution in [0.1, 0.15) is 19.3 Å². The van der Waals surface area contributed by atoms with Crippen LogP contribution in [0.5, 0.6) is 0 Å². The molecule has 0 aliphatic heterocycles. The Bertz CT molecular complexity index is 284. The first-order valence-corrected chi connectivity index (χ1v) is 7.26. The third kappa shape index (κ3) is 7.21. The fraction of sp³-hybridized carbons (Fsp3) is 0.667. The Labute approximate surface area is 113 Å². The molecule has 104 valence electrons. The number of thioether (sulfide) groups is 1. The molecule has 0 aromatic carbocycles. The fourth-order valence-corrected chi connectivity index (χ4v) is 1.80. The largest absolute Gasteiger partial charge is 0.480 e. The number of urea groups is 1. The van der Waals surface area contributed by atoms with Crippen molar-refractivity contribution in [1.82, 2.24) is 10.2 Å². The van der Waals surface area contributed by atoms with Crippen molar-refractivity contribution >= 4 is 23.8 Å². The molecular formula is C12H22N2O3S. The van der Waals surface area contributed by atoms with E-state index in [1.165, 1.54) is 4.90 Å². The Morgan fingerprint density at radius 1 is 1.56 bits per heavy atom. The summed E-state index contributed by atoms with van der Waals surface area (Å²) in [5, 5.41) is 11.5. The third-order valence-electron chi connectivity index (χ3n) is 2.45. The predicted molar refractivity (Wildman–Crippen MR) is 75.0 cm³/mol. The quantitative estimate of drug-likeness (QED) is 0.497. The molecule has 0 saturated heterocycles. The highest BCUT2D eigenvalue weighted by Crippen LogP contribution is 2.02. The molecule has 0 aliphatic carbocycles. The number of hydrogen-bond donors (Lipinski definition) is 2. The van der Waals surface area contributed by atoms with Crippen molar-refractivity contribution in [3.63, 3.8) is 0 Å². The van der Waals surface area contributed by atoms with Crippen LogP contribution in [-0.2, 0) is 4.79 Å². The number of carboxylic acid groups (broad SMARTS) is 1. The summed E-state index contributed by atoms with van der Waals surface area (Å²) in [4.78, 5) is 24.2. The van der Waals surface area contributed by atoms with Crippen LogP contribution in [0.25, 0.3) is 0 Å². The first-order valence-electron chi connectivity index (χ1n) is 5.87. The van der Waals surface area contributed by atoms with E-state index in [0.29, 0.717) is 18.7 Å². The van der Waals surface area contributed by atoms with E-state index < -0.39 is 12.0 Å². The molecule has 0 unspecified atom stereocenters.